The summed E-state index contributed by atoms with van der Waals surface area (Å²) < 4.78 is 0. The van der Waals surface area contributed by atoms with E-state index in [9.17, 15) is 0 Å². The van der Waals surface area contributed by atoms with Crippen LogP contribution >= 0.6 is 23.1 Å². The highest BCUT2D eigenvalue weighted by Gasteiger charge is 2.11. The summed E-state index contributed by atoms with van der Waals surface area (Å²) in [5.74, 6) is 1.57. The fourth-order valence-corrected chi connectivity index (χ4v) is 4.28. The van der Waals surface area contributed by atoms with Gasteiger partial charge in [-0.2, -0.15) is 0 Å². The highest BCUT2D eigenvalue weighted by atomic mass is 32.2. The van der Waals surface area contributed by atoms with Crippen LogP contribution in [0.1, 0.15) is 5.01 Å². The average Bonchev–Trinajstić information content (AvgIpc) is 3.20. The molecular weight excluding hydrogens is 398 g/mol. The average molecular weight is 420 g/mol. The van der Waals surface area contributed by atoms with Crippen LogP contribution in [0.15, 0.2) is 71.2 Å². The molecule has 2 aromatic heterocycles. The lowest BCUT2D eigenvalue weighted by molar-refractivity contribution is 1.07. The largest absolute Gasteiger partial charge is 0.340 e. The number of aromatic nitrogens is 3. The van der Waals surface area contributed by atoms with Crippen molar-refractivity contribution in [3.8, 4) is 11.3 Å². The number of thiazole rings is 1. The maximum Gasteiger partial charge on any atom is 0.138 e. The number of thioether (sulfide) groups is 1. The van der Waals surface area contributed by atoms with Crippen molar-refractivity contribution in [2.75, 3.05) is 23.5 Å². The molecular formula is C22H21N5S2. The van der Waals surface area contributed by atoms with E-state index in [0.717, 1.165) is 39.3 Å². The highest BCUT2D eigenvalue weighted by molar-refractivity contribution is 7.98. The van der Waals surface area contributed by atoms with Gasteiger partial charge >= 0.3 is 0 Å². The Morgan fingerprint density at radius 3 is 2.69 bits per heavy atom. The minimum Gasteiger partial charge on any atom is -0.340 e. The van der Waals surface area contributed by atoms with E-state index in [-0.39, 0.29) is 0 Å². The van der Waals surface area contributed by atoms with Crippen LogP contribution in [-0.4, -0.2) is 28.3 Å². The molecule has 0 spiro atoms. The highest BCUT2D eigenvalue weighted by Crippen LogP contribution is 2.32. The number of anilines is 4. The van der Waals surface area contributed by atoms with E-state index in [1.54, 1.807) is 29.4 Å². The Hall–Kier alpha value is -2.90. The monoisotopic (exact) mass is 419 g/mol. The summed E-state index contributed by atoms with van der Waals surface area (Å²) in [6, 6.07) is 18.5. The lowest BCUT2D eigenvalue weighted by atomic mass is 10.1. The molecule has 0 unspecified atom stereocenters. The number of rotatable bonds is 6. The number of aryl methyl sites for hydroxylation is 1. The first-order chi connectivity index (χ1) is 14.1. The van der Waals surface area contributed by atoms with E-state index in [1.165, 1.54) is 4.90 Å². The predicted octanol–water partition coefficient (Wildman–Crippen LogP) is 6.14. The third-order valence-electron chi connectivity index (χ3n) is 4.49. The molecule has 0 saturated carbocycles. The molecule has 4 aromatic rings. The number of para-hydroxylation sites is 1. The van der Waals surface area contributed by atoms with Crippen molar-refractivity contribution in [2.24, 2.45) is 0 Å². The molecule has 2 heterocycles. The topological polar surface area (TPSA) is 53.9 Å². The smallest absolute Gasteiger partial charge is 0.138 e. The first-order valence-corrected chi connectivity index (χ1v) is 11.2. The second-order valence-corrected chi connectivity index (χ2v) is 8.36. The Bertz CT molecular complexity index is 1130. The van der Waals surface area contributed by atoms with Crippen molar-refractivity contribution in [1.29, 1.82) is 0 Å². The van der Waals surface area contributed by atoms with E-state index in [0.29, 0.717) is 0 Å². The van der Waals surface area contributed by atoms with Crippen LogP contribution in [0, 0.1) is 6.92 Å². The number of hydrogen-bond donors (Lipinski definition) is 1. The van der Waals surface area contributed by atoms with Gasteiger partial charge in [0.05, 0.1) is 16.4 Å². The van der Waals surface area contributed by atoms with Crippen molar-refractivity contribution >= 4 is 46.1 Å². The van der Waals surface area contributed by atoms with Gasteiger partial charge in [0, 0.05) is 34.6 Å². The van der Waals surface area contributed by atoms with Crippen LogP contribution in [0.4, 0.5) is 23.0 Å². The summed E-state index contributed by atoms with van der Waals surface area (Å²) in [6.45, 7) is 2.02. The van der Waals surface area contributed by atoms with Crippen LogP contribution < -0.4 is 10.2 Å². The zero-order valence-electron chi connectivity index (χ0n) is 16.5. The van der Waals surface area contributed by atoms with Gasteiger partial charge < -0.3 is 10.2 Å². The molecule has 1 N–H and O–H groups in total. The van der Waals surface area contributed by atoms with Crippen molar-refractivity contribution in [1.82, 2.24) is 15.0 Å². The van der Waals surface area contributed by atoms with Crippen LogP contribution in [0.5, 0.6) is 0 Å². The van der Waals surface area contributed by atoms with Crippen molar-refractivity contribution < 1.29 is 0 Å². The molecule has 7 heteroatoms. The molecule has 29 heavy (non-hydrogen) atoms. The Kier molecular flexibility index (Phi) is 5.78. The second kappa shape index (κ2) is 8.63. The van der Waals surface area contributed by atoms with Gasteiger partial charge in [0.1, 0.15) is 18.0 Å². The molecule has 0 saturated heterocycles. The van der Waals surface area contributed by atoms with E-state index in [1.807, 2.05) is 44.3 Å². The van der Waals surface area contributed by atoms with Gasteiger partial charge in [-0.05, 0) is 37.4 Å². The Balaban J connectivity index is 1.58. The minimum atomic E-state index is 0.745. The second-order valence-electron chi connectivity index (χ2n) is 6.45. The van der Waals surface area contributed by atoms with Crippen molar-refractivity contribution in [2.45, 2.75) is 11.8 Å². The fraction of sp³-hybridized carbons (Fsp3) is 0.136. The summed E-state index contributed by atoms with van der Waals surface area (Å²) in [5, 5.41) is 6.53. The summed E-state index contributed by atoms with van der Waals surface area (Å²) in [6.07, 6.45) is 3.67. The standard InChI is InChI=1S/C22H21N5S2/c1-15-25-18(13-29-15)16-7-6-8-17(11-16)26-21-12-22(24-14-23-21)27(2)19-9-4-5-10-20(19)28-3/h4-14H,1-3H3,(H,23,24,26). The summed E-state index contributed by atoms with van der Waals surface area (Å²) in [5.41, 5.74) is 4.16. The third kappa shape index (κ3) is 4.41. The zero-order chi connectivity index (χ0) is 20.2. The van der Waals surface area contributed by atoms with Crippen LogP contribution in [0.3, 0.4) is 0 Å². The molecule has 0 amide bonds. The number of hydrogen-bond acceptors (Lipinski definition) is 7. The Morgan fingerprint density at radius 2 is 1.90 bits per heavy atom. The van der Waals surface area contributed by atoms with Gasteiger partial charge in [-0.1, -0.05) is 24.3 Å². The molecule has 0 radical (unpaired) electrons. The van der Waals surface area contributed by atoms with Crippen LogP contribution in [-0.2, 0) is 0 Å². The third-order valence-corrected chi connectivity index (χ3v) is 6.05. The Morgan fingerprint density at radius 1 is 1.03 bits per heavy atom. The normalized spacial score (nSPS) is 10.7. The lowest BCUT2D eigenvalue weighted by Crippen LogP contribution is -2.12. The van der Waals surface area contributed by atoms with E-state index in [2.05, 4.69) is 61.1 Å². The van der Waals surface area contributed by atoms with Gasteiger partial charge in [-0.3, -0.25) is 0 Å². The van der Waals surface area contributed by atoms with E-state index < -0.39 is 0 Å². The predicted molar refractivity (Wildman–Crippen MR) is 124 cm³/mol. The van der Waals surface area contributed by atoms with Crippen LogP contribution in [0.25, 0.3) is 11.3 Å². The summed E-state index contributed by atoms with van der Waals surface area (Å²) in [7, 11) is 2.02. The van der Waals surface area contributed by atoms with Crippen LogP contribution in [0.2, 0.25) is 0 Å². The molecule has 0 aliphatic heterocycles. The number of benzene rings is 2. The molecule has 0 atom stereocenters. The van der Waals surface area contributed by atoms with E-state index in [4.69, 9.17) is 0 Å². The van der Waals surface area contributed by atoms with Gasteiger partial charge in [0.25, 0.3) is 0 Å². The Labute approximate surface area is 178 Å². The maximum atomic E-state index is 4.57. The quantitative estimate of drug-likeness (QED) is 0.379. The first-order valence-electron chi connectivity index (χ1n) is 9.12. The maximum absolute atomic E-state index is 4.57. The summed E-state index contributed by atoms with van der Waals surface area (Å²) in [4.78, 5) is 16.7. The van der Waals surface area contributed by atoms with Gasteiger partial charge in [-0.25, -0.2) is 15.0 Å². The first kappa shape index (κ1) is 19.4. The molecule has 0 aliphatic carbocycles. The SMILES string of the molecule is CSc1ccccc1N(C)c1cc(Nc2cccc(-c3csc(C)n3)c2)ncn1. The summed E-state index contributed by atoms with van der Waals surface area (Å²) >= 11 is 3.38. The van der Waals surface area contributed by atoms with Crippen molar-refractivity contribution in [3.05, 3.63) is 71.3 Å². The molecule has 146 valence electrons. The van der Waals surface area contributed by atoms with Gasteiger partial charge in [0.2, 0.25) is 0 Å². The van der Waals surface area contributed by atoms with Gasteiger partial charge in [-0.15, -0.1) is 23.1 Å². The minimum absolute atomic E-state index is 0.745. The molecule has 0 aliphatic rings. The van der Waals surface area contributed by atoms with Crippen molar-refractivity contribution in [3.63, 3.8) is 0 Å². The number of nitrogens with zero attached hydrogens (tertiary/aromatic N) is 4. The molecule has 2 aromatic carbocycles. The molecule has 0 fully saturated rings. The zero-order valence-corrected chi connectivity index (χ0v) is 18.1. The van der Waals surface area contributed by atoms with Gasteiger partial charge in [0.15, 0.2) is 0 Å². The number of nitrogens with one attached hydrogen (secondary N) is 1. The molecule has 5 nitrogen and oxygen atoms in total. The van der Waals surface area contributed by atoms with E-state index >= 15 is 0 Å². The molecule has 0 bridgehead atoms. The molecule has 4 rings (SSSR count). The fourth-order valence-electron chi connectivity index (χ4n) is 3.03. The lowest BCUT2D eigenvalue weighted by Gasteiger charge is -2.21.